The molecule has 1 aliphatic heterocycles. The van der Waals surface area contributed by atoms with Gasteiger partial charge >= 0.3 is 0 Å². The Morgan fingerprint density at radius 3 is 2.43 bits per heavy atom. The van der Waals surface area contributed by atoms with Gasteiger partial charge in [-0.3, -0.25) is 0 Å². The maximum Gasteiger partial charge on any atom is 0.0659 e. The molecule has 0 amide bonds. The van der Waals surface area contributed by atoms with Crippen LogP contribution in [0.5, 0.6) is 0 Å². The van der Waals surface area contributed by atoms with E-state index in [2.05, 4.69) is 31.3 Å². The molecular weight excluding hydrogens is 260 g/mol. The van der Waals surface area contributed by atoms with Crippen molar-refractivity contribution in [2.24, 2.45) is 23.5 Å². The molecule has 1 unspecified atom stereocenters. The average molecular weight is 290 g/mol. The molecule has 21 heavy (non-hydrogen) atoms. The van der Waals surface area contributed by atoms with Crippen LogP contribution in [0.25, 0.3) is 0 Å². The second kappa shape index (κ2) is 8.52. The summed E-state index contributed by atoms with van der Waals surface area (Å²) in [6, 6.07) is 10.2. The molecule has 0 radical (unpaired) electrons. The van der Waals surface area contributed by atoms with Gasteiger partial charge in [-0.25, -0.2) is 0 Å². The molecule has 0 bridgehead atoms. The maximum atomic E-state index is 6.20. The van der Waals surface area contributed by atoms with Crippen molar-refractivity contribution in [2.75, 3.05) is 26.3 Å². The van der Waals surface area contributed by atoms with Gasteiger partial charge in [0.2, 0.25) is 0 Å². The lowest BCUT2D eigenvalue weighted by molar-refractivity contribution is 0.0410. The monoisotopic (exact) mass is 290 g/mol. The molecule has 1 aromatic carbocycles. The fourth-order valence-electron chi connectivity index (χ4n) is 3.27. The Morgan fingerprint density at radius 2 is 1.81 bits per heavy atom. The summed E-state index contributed by atoms with van der Waals surface area (Å²) in [5.74, 6) is 2.11. The van der Waals surface area contributed by atoms with Gasteiger partial charge in [0.15, 0.2) is 0 Å². The van der Waals surface area contributed by atoms with Gasteiger partial charge in [0.05, 0.1) is 12.6 Å². The molecule has 1 saturated heterocycles. The highest BCUT2D eigenvalue weighted by molar-refractivity contribution is 5.18. The van der Waals surface area contributed by atoms with Crippen LogP contribution in [-0.4, -0.2) is 26.3 Å². The van der Waals surface area contributed by atoms with Crippen LogP contribution in [0.4, 0.5) is 0 Å². The van der Waals surface area contributed by atoms with E-state index in [0.29, 0.717) is 18.4 Å². The Labute approximate surface area is 129 Å². The first-order valence-electron chi connectivity index (χ1n) is 8.27. The van der Waals surface area contributed by atoms with Crippen molar-refractivity contribution >= 4 is 0 Å². The van der Waals surface area contributed by atoms with Crippen molar-refractivity contribution in [2.45, 2.75) is 32.7 Å². The largest absolute Gasteiger partial charge is 0.379 e. The topological polar surface area (TPSA) is 47.3 Å². The Bertz CT molecular complexity index is 387. The van der Waals surface area contributed by atoms with E-state index in [1.54, 1.807) is 0 Å². The van der Waals surface area contributed by atoms with Crippen LogP contribution in [0.1, 0.15) is 38.3 Å². The van der Waals surface area contributed by atoms with Crippen molar-refractivity contribution < 1.29 is 4.74 Å². The average Bonchev–Trinajstić information content (AvgIpc) is 2.52. The van der Waals surface area contributed by atoms with Gasteiger partial charge in [-0.2, -0.15) is 0 Å². The Kier molecular flexibility index (Phi) is 6.68. The van der Waals surface area contributed by atoms with E-state index >= 15 is 0 Å². The maximum absolute atomic E-state index is 6.20. The quantitative estimate of drug-likeness (QED) is 0.811. The van der Waals surface area contributed by atoms with Crippen molar-refractivity contribution in [1.29, 1.82) is 0 Å². The smallest absolute Gasteiger partial charge is 0.0659 e. The first kappa shape index (κ1) is 16.5. The number of hydrogen-bond donors (Lipinski definition) is 2. The predicted octanol–water partition coefficient (Wildman–Crippen LogP) is 2.97. The van der Waals surface area contributed by atoms with Crippen LogP contribution in [0.15, 0.2) is 30.3 Å². The highest BCUT2D eigenvalue weighted by Crippen LogP contribution is 2.28. The molecule has 1 aliphatic rings. The van der Waals surface area contributed by atoms with Crippen molar-refractivity contribution in [3.05, 3.63) is 35.9 Å². The van der Waals surface area contributed by atoms with E-state index in [1.807, 2.05) is 18.2 Å². The minimum Gasteiger partial charge on any atom is -0.379 e. The molecule has 2 rings (SSSR count). The van der Waals surface area contributed by atoms with Gasteiger partial charge < -0.3 is 15.8 Å². The number of ether oxygens (including phenoxy) is 1. The first-order chi connectivity index (χ1) is 10.2. The number of rotatable bonds is 7. The molecule has 118 valence electrons. The summed E-state index contributed by atoms with van der Waals surface area (Å²) in [4.78, 5) is 0. The van der Waals surface area contributed by atoms with Crippen LogP contribution in [0.3, 0.4) is 0 Å². The standard InChI is InChI=1S/C18H30N2O/c1-14(2)17(15-8-10-20-11-9-15)12-21-13-18(19)16-6-4-3-5-7-16/h3-7,14-15,17-18,20H,8-13,19H2,1-2H3/t17?,18-/m0/s1. The number of hydrogen-bond acceptors (Lipinski definition) is 3. The first-order valence-corrected chi connectivity index (χ1v) is 8.27. The molecule has 3 nitrogen and oxygen atoms in total. The zero-order valence-corrected chi connectivity index (χ0v) is 13.4. The van der Waals surface area contributed by atoms with E-state index in [9.17, 15) is 0 Å². The summed E-state index contributed by atoms with van der Waals surface area (Å²) >= 11 is 0. The van der Waals surface area contributed by atoms with E-state index in [4.69, 9.17) is 10.5 Å². The van der Waals surface area contributed by atoms with Gasteiger partial charge in [0, 0.05) is 6.61 Å². The SMILES string of the molecule is CC(C)C(COC[C@H](N)c1ccccc1)C1CCNCC1. The van der Waals surface area contributed by atoms with Crippen LogP contribution in [-0.2, 0) is 4.74 Å². The zero-order chi connectivity index (χ0) is 15.1. The van der Waals surface area contributed by atoms with Crippen molar-refractivity contribution in [3.8, 4) is 0 Å². The number of benzene rings is 1. The second-order valence-electron chi connectivity index (χ2n) is 6.55. The third kappa shape index (κ3) is 5.10. The van der Waals surface area contributed by atoms with Crippen molar-refractivity contribution in [1.82, 2.24) is 5.32 Å². The number of nitrogens with one attached hydrogen (secondary N) is 1. The van der Waals surface area contributed by atoms with Gasteiger partial charge in [-0.15, -0.1) is 0 Å². The highest BCUT2D eigenvalue weighted by atomic mass is 16.5. The summed E-state index contributed by atoms with van der Waals surface area (Å²) in [5, 5.41) is 3.44. The molecule has 1 fully saturated rings. The molecule has 0 saturated carbocycles. The fraction of sp³-hybridized carbons (Fsp3) is 0.667. The highest BCUT2D eigenvalue weighted by Gasteiger charge is 2.26. The lowest BCUT2D eigenvalue weighted by Crippen LogP contribution is -2.35. The van der Waals surface area contributed by atoms with E-state index in [0.717, 1.165) is 31.2 Å². The molecule has 0 spiro atoms. The second-order valence-corrected chi connectivity index (χ2v) is 6.55. The predicted molar refractivity (Wildman–Crippen MR) is 88.1 cm³/mol. The van der Waals surface area contributed by atoms with Gasteiger partial charge in [0.25, 0.3) is 0 Å². The third-order valence-corrected chi connectivity index (χ3v) is 4.68. The van der Waals surface area contributed by atoms with E-state index < -0.39 is 0 Å². The molecule has 0 aromatic heterocycles. The molecule has 3 heteroatoms. The molecule has 1 aromatic rings. The normalized spacial score (nSPS) is 19.6. The summed E-state index contributed by atoms with van der Waals surface area (Å²) in [6.45, 7) is 8.37. The molecule has 1 heterocycles. The number of piperidine rings is 1. The Balaban J connectivity index is 1.79. The molecule has 2 atom stereocenters. The summed E-state index contributed by atoms with van der Waals surface area (Å²) in [6.07, 6.45) is 2.55. The lowest BCUT2D eigenvalue weighted by atomic mass is 9.79. The minimum atomic E-state index is -0.0213. The third-order valence-electron chi connectivity index (χ3n) is 4.68. The fourth-order valence-corrected chi connectivity index (χ4v) is 3.27. The van der Waals surface area contributed by atoms with Crippen LogP contribution < -0.4 is 11.1 Å². The Morgan fingerprint density at radius 1 is 1.14 bits per heavy atom. The molecule has 0 aliphatic carbocycles. The number of nitrogens with two attached hydrogens (primary N) is 1. The van der Waals surface area contributed by atoms with E-state index in [1.165, 1.54) is 12.8 Å². The van der Waals surface area contributed by atoms with Gasteiger partial charge in [-0.1, -0.05) is 44.2 Å². The summed E-state index contributed by atoms with van der Waals surface area (Å²) in [7, 11) is 0. The van der Waals surface area contributed by atoms with Crippen LogP contribution in [0, 0.1) is 17.8 Å². The Hall–Kier alpha value is -0.900. The summed E-state index contributed by atoms with van der Waals surface area (Å²) in [5.41, 5.74) is 7.35. The zero-order valence-electron chi connectivity index (χ0n) is 13.4. The van der Waals surface area contributed by atoms with Crippen molar-refractivity contribution in [3.63, 3.8) is 0 Å². The lowest BCUT2D eigenvalue weighted by Gasteiger charge is -2.33. The summed E-state index contributed by atoms with van der Waals surface area (Å²) < 4.78 is 5.98. The molecule has 3 N–H and O–H groups in total. The van der Waals surface area contributed by atoms with E-state index in [-0.39, 0.29) is 6.04 Å². The molecular formula is C18H30N2O. The van der Waals surface area contributed by atoms with Gasteiger partial charge in [0.1, 0.15) is 0 Å². The van der Waals surface area contributed by atoms with Crippen LogP contribution in [0.2, 0.25) is 0 Å². The minimum absolute atomic E-state index is 0.0213. The van der Waals surface area contributed by atoms with Gasteiger partial charge in [-0.05, 0) is 49.2 Å². The van der Waals surface area contributed by atoms with Crippen LogP contribution >= 0.6 is 0 Å².